The van der Waals surface area contributed by atoms with E-state index in [0.29, 0.717) is 26.4 Å². The maximum atomic E-state index is 6.32. The van der Waals surface area contributed by atoms with Gasteiger partial charge in [-0.15, -0.1) is 0 Å². The van der Waals surface area contributed by atoms with Gasteiger partial charge in [0.1, 0.15) is 0 Å². The molecule has 0 amide bonds. The summed E-state index contributed by atoms with van der Waals surface area (Å²) in [4.78, 5) is 0. The van der Waals surface area contributed by atoms with Crippen molar-refractivity contribution in [3.8, 4) is 0 Å². The van der Waals surface area contributed by atoms with Gasteiger partial charge in [-0.3, -0.25) is 0 Å². The van der Waals surface area contributed by atoms with Crippen LogP contribution in [0.3, 0.4) is 0 Å². The number of benzene rings is 2. The summed E-state index contributed by atoms with van der Waals surface area (Å²) in [5, 5.41) is 0. The van der Waals surface area contributed by atoms with Gasteiger partial charge in [-0.05, 0) is 30.9 Å². The zero-order valence-corrected chi connectivity index (χ0v) is 13.9. The lowest BCUT2D eigenvalue weighted by molar-refractivity contribution is 0.0795. The van der Waals surface area contributed by atoms with Crippen LogP contribution in [0.5, 0.6) is 0 Å². The molecule has 3 nitrogen and oxygen atoms in total. The standard InChI is InChI=1S/C20H27NO2/c1-20(21,12-14-22-16-18-8-4-2-5-9-18)13-15-23-17-19-10-6-3-7-11-19/h2-11H,12-17,21H2,1H3. The largest absolute Gasteiger partial charge is 0.377 e. The highest BCUT2D eigenvalue weighted by atomic mass is 16.5. The summed E-state index contributed by atoms with van der Waals surface area (Å²) < 4.78 is 11.4. The van der Waals surface area contributed by atoms with Crippen molar-refractivity contribution in [3.63, 3.8) is 0 Å². The maximum absolute atomic E-state index is 6.32. The molecular weight excluding hydrogens is 286 g/mol. The van der Waals surface area contributed by atoms with Gasteiger partial charge in [0.25, 0.3) is 0 Å². The molecule has 3 heteroatoms. The lowest BCUT2D eigenvalue weighted by Gasteiger charge is -2.24. The second-order valence-electron chi connectivity index (χ2n) is 6.23. The lowest BCUT2D eigenvalue weighted by atomic mass is 9.96. The Balaban J connectivity index is 1.57. The predicted molar refractivity (Wildman–Crippen MR) is 94.0 cm³/mol. The summed E-state index contributed by atoms with van der Waals surface area (Å²) in [6, 6.07) is 20.4. The zero-order valence-electron chi connectivity index (χ0n) is 13.9. The van der Waals surface area contributed by atoms with Gasteiger partial charge >= 0.3 is 0 Å². The smallest absolute Gasteiger partial charge is 0.0716 e. The summed E-state index contributed by atoms with van der Waals surface area (Å²) in [7, 11) is 0. The molecule has 0 aromatic heterocycles. The van der Waals surface area contributed by atoms with Crippen LogP contribution in [0, 0.1) is 0 Å². The Hall–Kier alpha value is -1.68. The van der Waals surface area contributed by atoms with E-state index >= 15 is 0 Å². The first-order valence-corrected chi connectivity index (χ1v) is 8.18. The van der Waals surface area contributed by atoms with Gasteiger partial charge < -0.3 is 15.2 Å². The Morgan fingerprint density at radius 2 is 1.13 bits per heavy atom. The summed E-state index contributed by atoms with van der Waals surface area (Å²) >= 11 is 0. The zero-order chi connectivity index (χ0) is 16.4. The molecule has 0 fully saturated rings. The van der Waals surface area contributed by atoms with E-state index in [1.807, 2.05) is 36.4 Å². The van der Waals surface area contributed by atoms with E-state index in [0.717, 1.165) is 12.8 Å². The SMILES string of the molecule is CC(N)(CCOCc1ccccc1)CCOCc1ccccc1. The maximum Gasteiger partial charge on any atom is 0.0716 e. The average Bonchev–Trinajstić information content (AvgIpc) is 2.58. The third-order valence-electron chi connectivity index (χ3n) is 3.86. The molecule has 0 saturated carbocycles. The first kappa shape index (κ1) is 17.7. The minimum atomic E-state index is -0.257. The summed E-state index contributed by atoms with van der Waals surface area (Å²) in [5.41, 5.74) is 8.44. The quantitative estimate of drug-likeness (QED) is 0.676. The molecule has 0 saturated heterocycles. The fraction of sp³-hybridized carbons (Fsp3) is 0.400. The summed E-state index contributed by atoms with van der Waals surface area (Å²) in [6.45, 7) is 4.68. The summed E-state index contributed by atoms with van der Waals surface area (Å²) in [5.74, 6) is 0. The summed E-state index contributed by atoms with van der Waals surface area (Å²) in [6.07, 6.45) is 1.66. The molecular formula is C20H27NO2. The van der Waals surface area contributed by atoms with Crippen LogP contribution in [0.25, 0.3) is 0 Å². The van der Waals surface area contributed by atoms with Crippen LogP contribution in [0.1, 0.15) is 30.9 Å². The van der Waals surface area contributed by atoms with Crippen molar-refractivity contribution in [1.29, 1.82) is 0 Å². The Kier molecular flexibility index (Phi) is 7.27. The van der Waals surface area contributed by atoms with Crippen LogP contribution < -0.4 is 5.73 Å². The van der Waals surface area contributed by atoms with E-state index in [9.17, 15) is 0 Å². The predicted octanol–water partition coefficient (Wildman–Crippen LogP) is 3.92. The van der Waals surface area contributed by atoms with E-state index in [1.54, 1.807) is 0 Å². The van der Waals surface area contributed by atoms with Gasteiger partial charge in [0.15, 0.2) is 0 Å². The monoisotopic (exact) mass is 313 g/mol. The molecule has 0 aliphatic carbocycles. The van der Waals surface area contributed by atoms with Gasteiger partial charge in [0, 0.05) is 18.8 Å². The van der Waals surface area contributed by atoms with E-state index in [1.165, 1.54) is 11.1 Å². The van der Waals surface area contributed by atoms with Crippen LogP contribution in [-0.4, -0.2) is 18.8 Å². The molecule has 0 bridgehead atoms. The second-order valence-corrected chi connectivity index (χ2v) is 6.23. The van der Waals surface area contributed by atoms with Crippen LogP contribution in [0.4, 0.5) is 0 Å². The van der Waals surface area contributed by atoms with Gasteiger partial charge in [-0.2, -0.15) is 0 Å². The molecule has 0 heterocycles. The third kappa shape index (κ3) is 7.42. The van der Waals surface area contributed by atoms with E-state index in [2.05, 4.69) is 31.2 Å². The highest BCUT2D eigenvalue weighted by Gasteiger charge is 2.17. The fourth-order valence-corrected chi connectivity index (χ4v) is 2.26. The molecule has 0 spiro atoms. The van der Waals surface area contributed by atoms with E-state index in [4.69, 9.17) is 15.2 Å². The minimum absolute atomic E-state index is 0.257. The number of nitrogens with two attached hydrogens (primary N) is 1. The third-order valence-corrected chi connectivity index (χ3v) is 3.86. The molecule has 2 aromatic rings. The van der Waals surface area contributed by atoms with Gasteiger partial charge in [-0.25, -0.2) is 0 Å². The van der Waals surface area contributed by atoms with Crippen LogP contribution in [0.15, 0.2) is 60.7 Å². The topological polar surface area (TPSA) is 44.5 Å². The van der Waals surface area contributed by atoms with Gasteiger partial charge in [0.05, 0.1) is 13.2 Å². The first-order valence-electron chi connectivity index (χ1n) is 8.18. The molecule has 0 atom stereocenters. The van der Waals surface area contributed by atoms with Gasteiger partial charge in [-0.1, -0.05) is 60.7 Å². The molecule has 124 valence electrons. The number of ether oxygens (including phenoxy) is 2. The van der Waals surface area contributed by atoms with Crippen molar-refractivity contribution in [1.82, 2.24) is 0 Å². The molecule has 0 aliphatic rings. The fourth-order valence-electron chi connectivity index (χ4n) is 2.26. The Labute approximate surface area is 139 Å². The van der Waals surface area contributed by atoms with Crippen molar-refractivity contribution in [3.05, 3.63) is 71.8 Å². The molecule has 0 aliphatic heterocycles. The molecule has 23 heavy (non-hydrogen) atoms. The Morgan fingerprint density at radius 3 is 1.52 bits per heavy atom. The van der Waals surface area contributed by atoms with Crippen molar-refractivity contribution >= 4 is 0 Å². The normalized spacial score (nSPS) is 11.6. The second kappa shape index (κ2) is 9.46. The van der Waals surface area contributed by atoms with Crippen LogP contribution in [-0.2, 0) is 22.7 Å². The van der Waals surface area contributed by atoms with E-state index in [-0.39, 0.29) is 5.54 Å². The molecule has 0 unspecified atom stereocenters. The van der Waals surface area contributed by atoms with Crippen LogP contribution >= 0.6 is 0 Å². The molecule has 0 radical (unpaired) electrons. The Bertz CT molecular complexity index is 491. The van der Waals surface area contributed by atoms with Gasteiger partial charge in [0.2, 0.25) is 0 Å². The van der Waals surface area contributed by atoms with Crippen molar-refractivity contribution in [2.75, 3.05) is 13.2 Å². The van der Waals surface area contributed by atoms with Crippen molar-refractivity contribution in [2.24, 2.45) is 5.73 Å². The highest BCUT2D eigenvalue weighted by Crippen LogP contribution is 2.13. The Morgan fingerprint density at radius 1 is 0.739 bits per heavy atom. The van der Waals surface area contributed by atoms with Crippen molar-refractivity contribution in [2.45, 2.75) is 38.5 Å². The number of hydrogen-bond acceptors (Lipinski definition) is 3. The first-order chi connectivity index (χ1) is 11.2. The minimum Gasteiger partial charge on any atom is -0.377 e. The number of rotatable bonds is 10. The lowest BCUT2D eigenvalue weighted by Crippen LogP contribution is -2.38. The van der Waals surface area contributed by atoms with E-state index < -0.39 is 0 Å². The highest BCUT2D eigenvalue weighted by molar-refractivity contribution is 5.14. The van der Waals surface area contributed by atoms with Crippen LogP contribution in [0.2, 0.25) is 0 Å². The average molecular weight is 313 g/mol. The molecule has 2 N–H and O–H groups in total. The molecule has 2 aromatic carbocycles. The molecule has 2 rings (SSSR count). The van der Waals surface area contributed by atoms with Crippen molar-refractivity contribution < 1.29 is 9.47 Å². The number of hydrogen-bond donors (Lipinski definition) is 1.